The summed E-state index contributed by atoms with van der Waals surface area (Å²) in [6.45, 7) is 26.2. The van der Waals surface area contributed by atoms with Crippen molar-refractivity contribution in [3.63, 3.8) is 0 Å². The number of imide groups is 3. The number of carbonyl (C=O) groups excluding carboxylic acids is 9. The molecule has 3 aliphatic heterocycles. The van der Waals surface area contributed by atoms with Gasteiger partial charge in [0.2, 0.25) is 41.4 Å². The number of hydrogen-bond donors (Lipinski definition) is 1. The molecule has 0 aromatic carbocycles. The summed E-state index contributed by atoms with van der Waals surface area (Å²) in [6, 6.07) is 0. The zero-order chi connectivity index (χ0) is 48.0. The molecule has 0 aromatic rings. The number of likely N-dealkylation sites (tertiary alicyclic amines) is 3. The molecule has 3 rings (SSSR count). The Labute approximate surface area is 377 Å². The van der Waals surface area contributed by atoms with Crippen LogP contribution >= 0.6 is 0 Å². The Morgan fingerprint density at radius 2 is 0.952 bits per heavy atom. The van der Waals surface area contributed by atoms with Crippen molar-refractivity contribution in [2.24, 2.45) is 53.3 Å². The fraction of sp³-hybridized carbons (Fsp3) is 0.812. The average Bonchev–Trinajstić information content (AvgIpc) is 3.78. The van der Waals surface area contributed by atoms with Crippen LogP contribution in [0.4, 0.5) is 0 Å². The third-order valence-corrected chi connectivity index (χ3v) is 11.8. The van der Waals surface area contributed by atoms with Crippen LogP contribution in [0.25, 0.3) is 0 Å². The number of nitrogens with zero attached hydrogens (tertiary/aromatic N) is 3. The molecule has 1 N–H and O–H groups in total. The number of ketones is 2. The van der Waals surface area contributed by atoms with Crippen LogP contribution in [0.5, 0.6) is 0 Å². The lowest BCUT2D eigenvalue weighted by Crippen LogP contribution is -2.36. The molecule has 0 saturated carbocycles. The first kappa shape index (κ1) is 57.2. The Morgan fingerprint density at radius 1 is 0.524 bits per heavy atom. The van der Waals surface area contributed by atoms with E-state index in [9.17, 15) is 43.2 Å². The van der Waals surface area contributed by atoms with Crippen molar-refractivity contribution in [2.75, 3.05) is 52.6 Å². The standard InChI is InChI=1S/C19H32N2O6.C16H27NO3.C13H23NO2/c1-13(2)15-11-18(24)21(19(15)25)7-5-17(23)20-6-8-26-9-10-27-12-16(22)14(3)4;1-11(2)13-10-15(19)17(16(13)20)9-7-5-6-8-14(18)12(3)4;1-9(2)6-5-7-14-12(15)8-11(10(3)4)13(14)16/h13-15H,5-12H2,1-4H3,(H,20,23);11-13H,5-10H2,1-4H3;9-11H,5-8H2,1-4H3. The molecular weight excluding hydrogens is 809 g/mol. The summed E-state index contributed by atoms with van der Waals surface area (Å²) in [4.78, 5) is 110. The van der Waals surface area contributed by atoms with Crippen molar-refractivity contribution < 1.29 is 52.6 Å². The van der Waals surface area contributed by atoms with Crippen LogP contribution in [0.1, 0.15) is 147 Å². The maximum Gasteiger partial charge on any atom is 0.233 e. The summed E-state index contributed by atoms with van der Waals surface area (Å²) >= 11 is 0. The highest BCUT2D eigenvalue weighted by Crippen LogP contribution is 2.28. The van der Waals surface area contributed by atoms with Gasteiger partial charge in [-0.15, -0.1) is 0 Å². The quantitative estimate of drug-likeness (QED) is 0.0787. The van der Waals surface area contributed by atoms with Crippen LogP contribution in [-0.2, 0) is 52.6 Å². The molecule has 3 saturated heterocycles. The van der Waals surface area contributed by atoms with Gasteiger partial charge in [-0.2, -0.15) is 0 Å². The summed E-state index contributed by atoms with van der Waals surface area (Å²) in [7, 11) is 0. The van der Waals surface area contributed by atoms with Crippen LogP contribution in [0.2, 0.25) is 0 Å². The van der Waals surface area contributed by atoms with Gasteiger partial charge < -0.3 is 14.8 Å². The number of amides is 7. The molecule has 0 spiro atoms. The molecule has 3 aliphatic rings. The topological polar surface area (TPSA) is 194 Å². The van der Waals surface area contributed by atoms with Gasteiger partial charge >= 0.3 is 0 Å². The molecule has 3 heterocycles. The second-order valence-electron chi connectivity index (χ2n) is 19.2. The van der Waals surface area contributed by atoms with E-state index in [4.69, 9.17) is 9.47 Å². The van der Waals surface area contributed by atoms with Gasteiger partial charge in [-0.3, -0.25) is 57.9 Å². The third kappa shape index (κ3) is 20.7. The normalized spacial score (nSPS) is 19.1. The minimum Gasteiger partial charge on any atom is -0.377 e. The third-order valence-electron chi connectivity index (χ3n) is 11.8. The molecular formula is C48H82N4O11. The Bertz CT molecular complexity index is 1520. The van der Waals surface area contributed by atoms with Crippen LogP contribution in [-0.4, -0.2) is 120 Å². The van der Waals surface area contributed by atoms with E-state index < -0.39 is 0 Å². The van der Waals surface area contributed by atoms with Gasteiger partial charge in [0, 0.05) is 87.9 Å². The van der Waals surface area contributed by atoms with Crippen molar-refractivity contribution in [1.29, 1.82) is 0 Å². The van der Waals surface area contributed by atoms with Crippen molar-refractivity contribution in [3.05, 3.63) is 0 Å². The molecule has 360 valence electrons. The average molecular weight is 891 g/mol. The Balaban J connectivity index is 0.000000490. The highest BCUT2D eigenvalue weighted by Gasteiger charge is 2.41. The number of hydrogen-bond acceptors (Lipinski definition) is 11. The smallest absolute Gasteiger partial charge is 0.233 e. The van der Waals surface area contributed by atoms with Gasteiger partial charge in [-0.25, -0.2) is 0 Å². The number of rotatable bonds is 26. The van der Waals surface area contributed by atoms with E-state index in [1.54, 1.807) is 0 Å². The second kappa shape index (κ2) is 29.6. The minimum absolute atomic E-state index is 0.0109. The Morgan fingerprint density at radius 3 is 1.37 bits per heavy atom. The molecule has 3 unspecified atom stereocenters. The monoisotopic (exact) mass is 891 g/mol. The van der Waals surface area contributed by atoms with Crippen molar-refractivity contribution in [3.8, 4) is 0 Å². The van der Waals surface area contributed by atoms with Crippen LogP contribution in [0.15, 0.2) is 0 Å². The number of unbranched alkanes of at least 4 members (excludes halogenated alkanes) is 2. The fourth-order valence-electron chi connectivity index (χ4n) is 7.21. The van der Waals surface area contributed by atoms with E-state index in [0.29, 0.717) is 64.6 Å². The summed E-state index contributed by atoms with van der Waals surface area (Å²) in [5.74, 6) is 0.571. The van der Waals surface area contributed by atoms with E-state index in [1.807, 2.05) is 69.2 Å². The van der Waals surface area contributed by atoms with E-state index in [0.717, 1.165) is 32.1 Å². The highest BCUT2D eigenvalue weighted by atomic mass is 16.5. The SMILES string of the molecule is CC(C)C(=O)CCCCCN1C(=O)CC(C(C)C)C1=O.CC(C)C(=O)COCCOCCNC(=O)CCN1C(=O)CC(C(C)C)C1=O.CC(C)CCCN1C(=O)CC(C(C)C)C1=O. The van der Waals surface area contributed by atoms with Crippen LogP contribution in [0.3, 0.4) is 0 Å². The summed E-state index contributed by atoms with van der Waals surface area (Å²) in [6.07, 6.45) is 6.24. The zero-order valence-electron chi connectivity index (χ0n) is 40.8. The number of carbonyl (C=O) groups is 9. The van der Waals surface area contributed by atoms with Gasteiger partial charge in [0.1, 0.15) is 12.4 Å². The van der Waals surface area contributed by atoms with E-state index in [1.165, 1.54) is 14.7 Å². The summed E-state index contributed by atoms with van der Waals surface area (Å²) in [5, 5.41) is 2.69. The molecule has 0 aliphatic carbocycles. The number of Topliss-reactive ketones (excluding diaryl/α,β-unsaturated/α-hetero) is 2. The Kier molecular flexibility index (Phi) is 26.8. The van der Waals surface area contributed by atoms with E-state index in [2.05, 4.69) is 19.2 Å². The van der Waals surface area contributed by atoms with Gasteiger partial charge in [0.15, 0.2) is 5.78 Å². The van der Waals surface area contributed by atoms with Crippen molar-refractivity contribution in [2.45, 2.75) is 147 Å². The molecule has 63 heavy (non-hydrogen) atoms. The molecule has 3 fully saturated rings. The molecule has 0 bridgehead atoms. The lowest BCUT2D eigenvalue weighted by molar-refractivity contribution is -0.141. The van der Waals surface area contributed by atoms with Gasteiger partial charge in [0.25, 0.3) is 0 Å². The lowest BCUT2D eigenvalue weighted by atomic mass is 9.94. The molecule has 15 heteroatoms. The fourth-order valence-corrected chi connectivity index (χ4v) is 7.21. The first-order valence-corrected chi connectivity index (χ1v) is 23.5. The predicted octanol–water partition coefficient (Wildman–Crippen LogP) is 6.04. The van der Waals surface area contributed by atoms with Gasteiger partial charge in [-0.05, 0) is 49.4 Å². The molecule has 7 amide bonds. The molecule has 3 atom stereocenters. The second-order valence-corrected chi connectivity index (χ2v) is 19.2. The molecule has 0 radical (unpaired) electrons. The maximum atomic E-state index is 12.2. The van der Waals surface area contributed by atoms with Crippen molar-refractivity contribution >= 4 is 52.9 Å². The van der Waals surface area contributed by atoms with E-state index >= 15 is 0 Å². The number of ether oxygens (including phenoxy) is 2. The largest absolute Gasteiger partial charge is 0.377 e. The first-order chi connectivity index (χ1) is 29.5. The predicted molar refractivity (Wildman–Crippen MR) is 240 cm³/mol. The molecule has 15 nitrogen and oxygen atoms in total. The molecule has 0 aromatic heterocycles. The lowest BCUT2D eigenvalue weighted by Gasteiger charge is -2.16. The maximum absolute atomic E-state index is 12.2. The summed E-state index contributed by atoms with van der Waals surface area (Å²) in [5.41, 5.74) is 0. The highest BCUT2D eigenvalue weighted by molar-refractivity contribution is 6.05. The minimum atomic E-state index is -0.271. The summed E-state index contributed by atoms with van der Waals surface area (Å²) < 4.78 is 10.5. The van der Waals surface area contributed by atoms with Gasteiger partial charge in [-0.1, -0.05) is 89.5 Å². The first-order valence-electron chi connectivity index (χ1n) is 23.5. The van der Waals surface area contributed by atoms with Crippen molar-refractivity contribution in [1.82, 2.24) is 20.0 Å². The Hall–Kier alpha value is -3.85. The van der Waals surface area contributed by atoms with Crippen LogP contribution < -0.4 is 5.32 Å². The number of nitrogens with one attached hydrogen (secondary N) is 1. The van der Waals surface area contributed by atoms with Gasteiger partial charge in [0.05, 0.1) is 19.8 Å². The zero-order valence-corrected chi connectivity index (χ0v) is 40.8. The van der Waals surface area contributed by atoms with Crippen LogP contribution in [0, 0.1) is 53.3 Å². The van der Waals surface area contributed by atoms with E-state index in [-0.39, 0.29) is 126 Å².